The lowest BCUT2D eigenvalue weighted by molar-refractivity contribution is -0.0402. The Morgan fingerprint density at radius 2 is 2.29 bits per heavy atom. The number of rotatable bonds is 4. The predicted molar refractivity (Wildman–Crippen MR) is 57.6 cm³/mol. The lowest BCUT2D eigenvalue weighted by Crippen LogP contribution is -2.23. The van der Waals surface area contributed by atoms with Gasteiger partial charge in [-0.2, -0.15) is 0 Å². The molecule has 6 nitrogen and oxygen atoms in total. The fourth-order valence-corrected chi connectivity index (χ4v) is 1.69. The molecule has 17 heavy (non-hydrogen) atoms. The summed E-state index contributed by atoms with van der Waals surface area (Å²) in [5.41, 5.74) is 0.513. The molecule has 1 fully saturated rings. The highest BCUT2D eigenvalue weighted by molar-refractivity contribution is 5.88. The van der Waals surface area contributed by atoms with Crippen LogP contribution in [0.2, 0.25) is 0 Å². The Morgan fingerprint density at radius 1 is 1.53 bits per heavy atom. The molecule has 0 amide bonds. The summed E-state index contributed by atoms with van der Waals surface area (Å²) in [7, 11) is 0. The summed E-state index contributed by atoms with van der Waals surface area (Å²) in [6.45, 7) is 1.59. The molecular formula is C11H14N2O4. The molecule has 0 saturated carbocycles. The van der Waals surface area contributed by atoms with E-state index >= 15 is 0 Å². The molecule has 1 aromatic heterocycles. The van der Waals surface area contributed by atoms with E-state index < -0.39 is 5.97 Å². The standard InChI is InChI=1S/C11H14N2O4/c14-11(15)9-5-12-7-13-10(9)6-17-8-1-3-16-4-2-8/h5,7-8H,1-4,6H2,(H,14,15). The maximum Gasteiger partial charge on any atom is 0.339 e. The molecule has 1 N–H and O–H groups in total. The van der Waals surface area contributed by atoms with Gasteiger partial charge in [-0.25, -0.2) is 14.8 Å². The van der Waals surface area contributed by atoms with Crippen molar-refractivity contribution >= 4 is 5.97 Å². The zero-order valence-corrected chi connectivity index (χ0v) is 9.33. The van der Waals surface area contributed by atoms with Gasteiger partial charge in [0.05, 0.1) is 18.4 Å². The number of ether oxygens (including phenoxy) is 2. The van der Waals surface area contributed by atoms with Gasteiger partial charge < -0.3 is 14.6 Å². The summed E-state index contributed by atoms with van der Waals surface area (Å²) >= 11 is 0. The van der Waals surface area contributed by atoms with Crippen LogP contribution in [0.4, 0.5) is 0 Å². The van der Waals surface area contributed by atoms with E-state index in [2.05, 4.69) is 9.97 Å². The Hall–Kier alpha value is -1.53. The summed E-state index contributed by atoms with van der Waals surface area (Å²) in [6.07, 6.45) is 4.43. The maximum absolute atomic E-state index is 10.9. The molecule has 0 atom stereocenters. The summed E-state index contributed by atoms with van der Waals surface area (Å²) in [5.74, 6) is -1.03. The van der Waals surface area contributed by atoms with E-state index in [4.69, 9.17) is 14.6 Å². The van der Waals surface area contributed by atoms with Crippen molar-refractivity contribution in [1.29, 1.82) is 0 Å². The first-order chi connectivity index (χ1) is 8.27. The third-order valence-electron chi connectivity index (χ3n) is 2.65. The van der Waals surface area contributed by atoms with Crippen LogP contribution >= 0.6 is 0 Å². The third kappa shape index (κ3) is 3.21. The van der Waals surface area contributed by atoms with E-state index in [0.29, 0.717) is 18.9 Å². The van der Waals surface area contributed by atoms with Gasteiger partial charge in [0, 0.05) is 19.4 Å². The molecule has 0 radical (unpaired) electrons. The Bertz CT molecular complexity index is 391. The first-order valence-corrected chi connectivity index (χ1v) is 5.49. The normalized spacial score (nSPS) is 16.9. The van der Waals surface area contributed by atoms with Crippen molar-refractivity contribution in [2.75, 3.05) is 13.2 Å². The van der Waals surface area contributed by atoms with Crippen molar-refractivity contribution in [3.05, 3.63) is 23.8 Å². The van der Waals surface area contributed by atoms with E-state index in [-0.39, 0.29) is 18.3 Å². The second-order valence-corrected chi connectivity index (χ2v) is 3.81. The quantitative estimate of drug-likeness (QED) is 0.838. The Kier molecular flexibility index (Phi) is 4.00. The predicted octanol–water partition coefficient (Wildman–Crippen LogP) is 0.870. The van der Waals surface area contributed by atoms with Gasteiger partial charge in [0.25, 0.3) is 0 Å². The van der Waals surface area contributed by atoms with Crippen LogP contribution in [0.1, 0.15) is 28.9 Å². The molecule has 1 aromatic rings. The first-order valence-electron chi connectivity index (χ1n) is 5.49. The van der Waals surface area contributed by atoms with Crippen molar-refractivity contribution in [3.63, 3.8) is 0 Å². The number of aromatic carboxylic acids is 1. The van der Waals surface area contributed by atoms with E-state index in [1.807, 2.05) is 0 Å². The second-order valence-electron chi connectivity index (χ2n) is 3.81. The van der Waals surface area contributed by atoms with Crippen LogP contribution < -0.4 is 0 Å². The van der Waals surface area contributed by atoms with Crippen molar-refractivity contribution < 1.29 is 19.4 Å². The highest BCUT2D eigenvalue weighted by Gasteiger charge is 2.17. The molecule has 1 aliphatic heterocycles. The Labute approximate surface area is 98.6 Å². The van der Waals surface area contributed by atoms with Crippen LogP contribution in [0.15, 0.2) is 12.5 Å². The van der Waals surface area contributed by atoms with Gasteiger partial charge in [-0.05, 0) is 12.8 Å². The molecule has 1 aliphatic rings. The van der Waals surface area contributed by atoms with Crippen molar-refractivity contribution in [3.8, 4) is 0 Å². The lowest BCUT2D eigenvalue weighted by atomic mass is 10.1. The van der Waals surface area contributed by atoms with Crippen LogP contribution in [-0.4, -0.2) is 40.4 Å². The van der Waals surface area contributed by atoms with E-state index in [0.717, 1.165) is 12.8 Å². The van der Waals surface area contributed by atoms with Crippen LogP contribution in [0.5, 0.6) is 0 Å². The van der Waals surface area contributed by atoms with Crippen LogP contribution in [0.3, 0.4) is 0 Å². The summed E-state index contributed by atoms with van der Waals surface area (Å²) < 4.78 is 10.8. The number of carboxylic acids is 1. The summed E-state index contributed by atoms with van der Waals surface area (Å²) in [4.78, 5) is 18.5. The molecule has 6 heteroatoms. The molecule has 1 saturated heterocycles. The number of hydrogen-bond acceptors (Lipinski definition) is 5. The van der Waals surface area contributed by atoms with Gasteiger partial charge in [0.2, 0.25) is 0 Å². The Morgan fingerprint density at radius 3 is 3.00 bits per heavy atom. The average Bonchev–Trinajstić information content (AvgIpc) is 2.38. The van der Waals surface area contributed by atoms with Gasteiger partial charge in [-0.3, -0.25) is 0 Å². The average molecular weight is 238 g/mol. The third-order valence-corrected chi connectivity index (χ3v) is 2.65. The number of hydrogen-bond donors (Lipinski definition) is 1. The number of carboxylic acid groups (broad SMARTS) is 1. The molecule has 0 aliphatic carbocycles. The molecule has 0 bridgehead atoms. The minimum Gasteiger partial charge on any atom is -0.478 e. The van der Waals surface area contributed by atoms with E-state index in [9.17, 15) is 4.79 Å². The van der Waals surface area contributed by atoms with Gasteiger partial charge >= 0.3 is 5.97 Å². The SMILES string of the molecule is O=C(O)c1cncnc1COC1CCOCC1. The van der Waals surface area contributed by atoms with E-state index in [1.165, 1.54) is 12.5 Å². The molecule has 0 unspecified atom stereocenters. The topological polar surface area (TPSA) is 81.5 Å². The molecule has 92 valence electrons. The lowest BCUT2D eigenvalue weighted by Gasteiger charge is -2.22. The van der Waals surface area contributed by atoms with Crippen molar-refractivity contribution in [1.82, 2.24) is 9.97 Å². The minimum atomic E-state index is -1.03. The smallest absolute Gasteiger partial charge is 0.339 e. The zero-order valence-electron chi connectivity index (χ0n) is 9.33. The zero-order chi connectivity index (χ0) is 12.1. The first kappa shape index (κ1) is 11.9. The molecule has 0 spiro atoms. The largest absolute Gasteiger partial charge is 0.478 e. The van der Waals surface area contributed by atoms with Crippen molar-refractivity contribution in [2.24, 2.45) is 0 Å². The minimum absolute atomic E-state index is 0.0968. The van der Waals surface area contributed by atoms with Gasteiger partial charge in [0.1, 0.15) is 11.9 Å². The number of nitrogens with zero attached hydrogens (tertiary/aromatic N) is 2. The van der Waals surface area contributed by atoms with Crippen LogP contribution in [0.25, 0.3) is 0 Å². The van der Waals surface area contributed by atoms with Gasteiger partial charge in [0.15, 0.2) is 0 Å². The summed E-state index contributed by atoms with van der Waals surface area (Å²) in [6, 6.07) is 0. The van der Waals surface area contributed by atoms with Crippen LogP contribution in [0, 0.1) is 0 Å². The van der Waals surface area contributed by atoms with Crippen LogP contribution in [-0.2, 0) is 16.1 Å². The number of aromatic nitrogens is 2. The van der Waals surface area contributed by atoms with Gasteiger partial charge in [-0.15, -0.1) is 0 Å². The molecule has 2 rings (SSSR count). The highest BCUT2D eigenvalue weighted by atomic mass is 16.5. The molecule has 2 heterocycles. The van der Waals surface area contributed by atoms with Crippen molar-refractivity contribution in [2.45, 2.75) is 25.6 Å². The summed E-state index contributed by atoms with van der Waals surface area (Å²) in [5, 5.41) is 8.95. The molecule has 0 aromatic carbocycles. The number of carbonyl (C=O) groups is 1. The second kappa shape index (κ2) is 5.70. The fraction of sp³-hybridized carbons (Fsp3) is 0.545. The highest BCUT2D eigenvalue weighted by Crippen LogP contribution is 2.14. The molecular weight excluding hydrogens is 224 g/mol. The monoisotopic (exact) mass is 238 g/mol. The van der Waals surface area contributed by atoms with E-state index in [1.54, 1.807) is 0 Å². The fourth-order valence-electron chi connectivity index (χ4n) is 1.69. The van der Waals surface area contributed by atoms with Gasteiger partial charge in [-0.1, -0.05) is 0 Å². The maximum atomic E-state index is 10.9. The Balaban J connectivity index is 1.96.